The van der Waals surface area contributed by atoms with Gasteiger partial charge in [0.2, 0.25) is 0 Å². The summed E-state index contributed by atoms with van der Waals surface area (Å²) in [6.45, 7) is 25.3. The second-order valence-electron chi connectivity index (χ2n) is 13.8. The Kier molecular flexibility index (Phi) is 9.55. The average molecular weight is 563 g/mol. The Morgan fingerprint density at radius 3 is 1.64 bits per heavy atom. The van der Waals surface area contributed by atoms with E-state index in [-0.39, 0.29) is 5.41 Å². The Hall–Kier alpha value is -3.53. The molecule has 0 aliphatic heterocycles. The minimum absolute atomic E-state index is 0.137. The minimum atomic E-state index is -0.137. The third kappa shape index (κ3) is 6.75. The first-order valence-corrected chi connectivity index (χ1v) is 15.6. The monoisotopic (exact) mass is 562 g/mol. The maximum atomic E-state index is 5.46. The molecule has 0 atom stereocenters. The molecule has 0 saturated carbocycles. The lowest BCUT2D eigenvalue weighted by molar-refractivity contribution is 0.559. The zero-order valence-corrected chi connectivity index (χ0v) is 27.7. The fourth-order valence-electron chi connectivity index (χ4n) is 5.51. The normalized spacial score (nSPS) is 13.2. The summed E-state index contributed by atoms with van der Waals surface area (Å²) >= 11 is 0. The van der Waals surface area contributed by atoms with Crippen LogP contribution >= 0.6 is 0 Å². The lowest BCUT2D eigenvalue weighted by Gasteiger charge is -2.24. The molecule has 0 N–H and O–H groups in total. The van der Waals surface area contributed by atoms with Crippen LogP contribution in [-0.4, -0.2) is 21.7 Å². The molecule has 42 heavy (non-hydrogen) atoms. The van der Waals surface area contributed by atoms with Gasteiger partial charge in [0.05, 0.1) is 29.7 Å². The van der Waals surface area contributed by atoms with Gasteiger partial charge in [-0.25, -0.2) is 0 Å². The van der Waals surface area contributed by atoms with Crippen molar-refractivity contribution in [2.24, 2.45) is 15.4 Å². The van der Waals surface area contributed by atoms with Gasteiger partial charge >= 0.3 is 0 Å². The number of fused-ring (bicyclic) bond motifs is 1. The van der Waals surface area contributed by atoms with E-state index in [4.69, 9.17) is 15.1 Å². The van der Waals surface area contributed by atoms with E-state index in [2.05, 4.69) is 142 Å². The van der Waals surface area contributed by atoms with Crippen LogP contribution < -0.4 is 0 Å². The summed E-state index contributed by atoms with van der Waals surface area (Å²) in [5, 5.41) is 6.25. The third-order valence-corrected chi connectivity index (χ3v) is 8.10. The Balaban J connectivity index is 1.85. The first-order valence-electron chi connectivity index (χ1n) is 15.6. The molecule has 0 aliphatic rings. The molecule has 4 aromatic rings. The molecule has 0 fully saturated rings. The quantitative estimate of drug-likeness (QED) is 0.187. The van der Waals surface area contributed by atoms with E-state index >= 15 is 0 Å². The molecule has 0 radical (unpaired) electrons. The van der Waals surface area contributed by atoms with Crippen LogP contribution in [0.2, 0.25) is 0 Å². The van der Waals surface area contributed by atoms with Gasteiger partial charge < -0.3 is 0 Å². The zero-order chi connectivity index (χ0) is 30.8. The lowest BCUT2D eigenvalue weighted by Crippen LogP contribution is -2.26. The van der Waals surface area contributed by atoms with Crippen LogP contribution in [0.15, 0.2) is 70.6 Å². The molecule has 0 bridgehead atoms. The number of aromatic nitrogens is 2. The number of hydrogen-bond donors (Lipinski definition) is 0. The molecule has 3 aromatic carbocycles. The second kappa shape index (κ2) is 12.8. The van der Waals surface area contributed by atoms with Gasteiger partial charge in [-0.2, -0.15) is 5.10 Å². The van der Waals surface area contributed by atoms with Gasteiger partial charge in [-0.15, -0.1) is 0 Å². The fourth-order valence-corrected chi connectivity index (χ4v) is 5.51. The summed E-state index contributed by atoms with van der Waals surface area (Å²) in [4.78, 5) is 10.6. The predicted molar refractivity (Wildman–Crippen MR) is 183 cm³/mol. The van der Waals surface area contributed by atoms with Gasteiger partial charge in [-0.1, -0.05) is 131 Å². The number of rotatable bonds is 9. The summed E-state index contributed by atoms with van der Waals surface area (Å²) in [6, 6.07) is 21.7. The number of hydrogen-bond acceptors (Lipinski definition) is 3. The highest BCUT2D eigenvalue weighted by atomic mass is 15.3. The first-order chi connectivity index (χ1) is 19.8. The van der Waals surface area contributed by atoms with E-state index in [1.165, 1.54) is 22.3 Å². The zero-order valence-electron chi connectivity index (χ0n) is 27.7. The van der Waals surface area contributed by atoms with Crippen molar-refractivity contribution in [3.8, 4) is 0 Å². The molecule has 0 unspecified atom stereocenters. The van der Waals surface area contributed by atoms with Gasteiger partial charge in [0, 0.05) is 16.5 Å². The summed E-state index contributed by atoms with van der Waals surface area (Å²) in [7, 11) is 0. The Bertz CT molecular complexity index is 1540. The first kappa shape index (κ1) is 31.4. The molecule has 222 valence electrons. The maximum Gasteiger partial charge on any atom is 0.111 e. The molecule has 1 heterocycles. The van der Waals surface area contributed by atoms with E-state index in [1.54, 1.807) is 0 Å². The molecule has 0 saturated heterocycles. The standard InChI is InChI=1S/C38H50N4/c1-24(2)28-17-14-18-29(25(3)4)36(28)39-22-33-32-16-12-13-21-34(32)42(41-33)23-35(38(9,10)11)40-37-30(26(5)6)19-15-20-31(37)27(7)8/h12-22,24-27H,23H2,1-11H3/b39-22+,40-35-. The number of aliphatic imine (C=N–C) groups is 2. The van der Waals surface area contributed by atoms with Crippen molar-refractivity contribution in [2.45, 2.75) is 106 Å². The van der Waals surface area contributed by atoms with E-state index < -0.39 is 0 Å². The molecular weight excluding hydrogens is 512 g/mol. The van der Waals surface area contributed by atoms with Gasteiger partial charge in [-0.3, -0.25) is 14.7 Å². The van der Waals surface area contributed by atoms with Crippen LogP contribution in [0.1, 0.15) is 128 Å². The molecule has 1 aromatic heterocycles. The van der Waals surface area contributed by atoms with Crippen molar-refractivity contribution in [3.05, 3.63) is 88.6 Å². The fraction of sp³-hybridized carbons (Fsp3) is 0.447. The number of benzene rings is 3. The third-order valence-electron chi connectivity index (χ3n) is 8.10. The van der Waals surface area contributed by atoms with Crippen LogP contribution in [0.4, 0.5) is 11.4 Å². The van der Waals surface area contributed by atoms with Crippen molar-refractivity contribution >= 4 is 34.2 Å². The Morgan fingerprint density at radius 2 is 1.17 bits per heavy atom. The molecular formula is C38H50N4. The number of para-hydroxylation sites is 3. The summed E-state index contributed by atoms with van der Waals surface area (Å²) in [5.74, 6) is 1.56. The minimum Gasteiger partial charge on any atom is -0.259 e. The van der Waals surface area contributed by atoms with Gasteiger partial charge in [0.1, 0.15) is 5.69 Å². The largest absolute Gasteiger partial charge is 0.259 e. The molecule has 0 aliphatic carbocycles. The van der Waals surface area contributed by atoms with Gasteiger partial charge in [0.15, 0.2) is 0 Å². The van der Waals surface area contributed by atoms with Crippen LogP contribution in [0, 0.1) is 5.41 Å². The summed E-state index contributed by atoms with van der Waals surface area (Å²) in [5.41, 5.74) is 10.3. The predicted octanol–water partition coefficient (Wildman–Crippen LogP) is 11.1. The summed E-state index contributed by atoms with van der Waals surface area (Å²) in [6.07, 6.45) is 1.96. The van der Waals surface area contributed by atoms with Gasteiger partial charge in [-0.05, 0) is 52.0 Å². The molecule has 4 rings (SSSR count). The van der Waals surface area contributed by atoms with Crippen LogP contribution in [0.3, 0.4) is 0 Å². The molecule has 0 amide bonds. The SMILES string of the molecule is CC(C)c1cccc(C(C)C)c1/N=C/c1nn(C/C(=N/c2c(C(C)C)cccc2C(C)C)C(C)(C)C)c2ccccc12. The topological polar surface area (TPSA) is 42.5 Å². The second-order valence-corrected chi connectivity index (χ2v) is 13.8. The van der Waals surface area contributed by atoms with E-state index in [0.29, 0.717) is 30.2 Å². The van der Waals surface area contributed by atoms with Crippen molar-refractivity contribution < 1.29 is 0 Å². The number of nitrogens with zero attached hydrogens (tertiary/aromatic N) is 4. The Labute approximate surface area is 254 Å². The van der Waals surface area contributed by atoms with E-state index in [0.717, 1.165) is 33.7 Å². The average Bonchev–Trinajstić information content (AvgIpc) is 3.27. The van der Waals surface area contributed by atoms with Gasteiger partial charge in [0.25, 0.3) is 0 Å². The summed E-state index contributed by atoms with van der Waals surface area (Å²) < 4.78 is 2.12. The van der Waals surface area contributed by atoms with E-state index in [1.807, 2.05) is 6.21 Å². The maximum absolute atomic E-state index is 5.46. The van der Waals surface area contributed by atoms with Crippen molar-refractivity contribution in [1.82, 2.24) is 9.78 Å². The highest BCUT2D eigenvalue weighted by Crippen LogP contribution is 2.37. The van der Waals surface area contributed by atoms with Crippen molar-refractivity contribution in [1.29, 1.82) is 0 Å². The Morgan fingerprint density at radius 1 is 0.690 bits per heavy atom. The highest BCUT2D eigenvalue weighted by Gasteiger charge is 2.24. The molecule has 4 nitrogen and oxygen atoms in total. The lowest BCUT2D eigenvalue weighted by atomic mass is 9.88. The van der Waals surface area contributed by atoms with Crippen LogP contribution in [-0.2, 0) is 6.54 Å². The van der Waals surface area contributed by atoms with Crippen LogP contribution in [0.5, 0.6) is 0 Å². The molecule has 4 heteroatoms. The van der Waals surface area contributed by atoms with Crippen molar-refractivity contribution in [3.63, 3.8) is 0 Å². The smallest absolute Gasteiger partial charge is 0.111 e. The highest BCUT2D eigenvalue weighted by molar-refractivity contribution is 5.99. The van der Waals surface area contributed by atoms with E-state index in [9.17, 15) is 0 Å². The van der Waals surface area contributed by atoms with Crippen molar-refractivity contribution in [2.75, 3.05) is 0 Å². The van der Waals surface area contributed by atoms with Crippen LogP contribution in [0.25, 0.3) is 10.9 Å². The molecule has 0 spiro atoms.